The van der Waals surface area contributed by atoms with Crippen LogP contribution in [-0.2, 0) is 4.79 Å². The van der Waals surface area contributed by atoms with Crippen molar-refractivity contribution in [1.29, 1.82) is 0 Å². The lowest BCUT2D eigenvalue weighted by atomic mass is 9.79. The number of halogens is 1. The molecule has 1 aromatic carbocycles. The standard InChI is InChI=1S/C19H15FN4O2/c20-13-5-3-11(4-6-13)18-17-14(23-19-21-10-22-24(18)19)8-12(9-15(17)25)16-2-1-7-26-16/h1-7,10,12,18H,8-9H2,(H,21,22,23)/t12-,18+/m1/s1. The highest BCUT2D eigenvalue weighted by atomic mass is 19.1. The molecule has 26 heavy (non-hydrogen) atoms. The van der Waals surface area contributed by atoms with Gasteiger partial charge in [-0.05, 0) is 36.2 Å². The van der Waals surface area contributed by atoms with Gasteiger partial charge in [0.25, 0.3) is 0 Å². The van der Waals surface area contributed by atoms with Crippen molar-refractivity contribution in [1.82, 2.24) is 14.8 Å². The topological polar surface area (TPSA) is 73.0 Å². The average molecular weight is 350 g/mol. The van der Waals surface area contributed by atoms with Crippen LogP contribution >= 0.6 is 0 Å². The van der Waals surface area contributed by atoms with Crippen molar-refractivity contribution in [2.75, 3.05) is 5.32 Å². The van der Waals surface area contributed by atoms with E-state index in [0.29, 0.717) is 24.4 Å². The maximum Gasteiger partial charge on any atom is 0.226 e. The van der Waals surface area contributed by atoms with Crippen molar-refractivity contribution in [3.8, 4) is 0 Å². The Bertz CT molecular complexity index is 1000. The minimum absolute atomic E-state index is 0.00732. The van der Waals surface area contributed by atoms with E-state index in [4.69, 9.17) is 4.42 Å². The highest BCUT2D eigenvalue weighted by Gasteiger charge is 2.39. The quantitative estimate of drug-likeness (QED) is 0.767. The molecule has 0 radical (unpaired) electrons. The monoisotopic (exact) mass is 350 g/mol. The number of furan rings is 1. The molecule has 1 aliphatic heterocycles. The third-order valence-electron chi connectivity index (χ3n) is 4.99. The summed E-state index contributed by atoms with van der Waals surface area (Å²) in [6, 6.07) is 9.48. The van der Waals surface area contributed by atoms with Crippen LogP contribution in [0.3, 0.4) is 0 Å². The van der Waals surface area contributed by atoms with Gasteiger partial charge in [-0.15, -0.1) is 0 Å². The predicted octanol–water partition coefficient (Wildman–Crippen LogP) is 3.43. The number of carbonyl (C=O) groups is 1. The smallest absolute Gasteiger partial charge is 0.226 e. The molecule has 3 heterocycles. The Morgan fingerprint density at radius 3 is 2.81 bits per heavy atom. The second-order valence-electron chi connectivity index (χ2n) is 6.54. The number of rotatable bonds is 2. The van der Waals surface area contributed by atoms with Crippen LogP contribution in [-0.4, -0.2) is 20.5 Å². The summed E-state index contributed by atoms with van der Waals surface area (Å²) in [5, 5.41) is 7.52. The van der Waals surface area contributed by atoms with Crippen molar-refractivity contribution in [3.63, 3.8) is 0 Å². The van der Waals surface area contributed by atoms with Crippen LogP contribution in [0, 0.1) is 5.82 Å². The van der Waals surface area contributed by atoms with Gasteiger partial charge in [0.15, 0.2) is 5.78 Å². The summed E-state index contributed by atoms with van der Waals surface area (Å²) < 4.78 is 20.6. The number of nitrogens with zero attached hydrogens (tertiary/aromatic N) is 3. The molecular weight excluding hydrogens is 335 g/mol. The number of allylic oxidation sites excluding steroid dienone is 2. The van der Waals surface area contributed by atoms with E-state index < -0.39 is 6.04 Å². The van der Waals surface area contributed by atoms with E-state index >= 15 is 0 Å². The van der Waals surface area contributed by atoms with E-state index in [0.717, 1.165) is 17.0 Å². The second-order valence-corrected chi connectivity index (χ2v) is 6.54. The van der Waals surface area contributed by atoms with Gasteiger partial charge in [-0.2, -0.15) is 10.1 Å². The molecule has 2 aromatic heterocycles. The van der Waals surface area contributed by atoms with Gasteiger partial charge in [0.05, 0.1) is 6.26 Å². The molecule has 5 rings (SSSR count). The lowest BCUT2D eigenvalue weighted by Crippen LogP contribution is -2.33. The number of carbonyl (C=O) groups excluding carboxylic acids is 1. The van der Waals surface area contributed by atoms with Gasteiger partial charge in [-0.3, -0.25) is 4.79 Å². The Hall–Kier alpha value is -3.22. The Balaban J connectivity index is 1.62. The summed E-state index contributed by atoms with van der Waals surface area (Å²) in [7, 11) is 0. The Morgan fingerprint density at radius 1 is 1.19 bits per heavy atom. The fraction of sp³-hybridized carbons (Fsp3) is 0.211. The number of fused-ring (bicyclic) bond motifs is 1. The third-order valence-corrected chi connectivity index (χ3v) is 4.99. The minimum Gasteiger partial charge on any atom is -0.469 e. The zero-order valence-electron chi connectivity index (χ0n) is 13.7. The summed E-state index contributed by atoms with van der Waals surface area (Å²) in [5.41, 5.74) is 2.30. The van der Waals surface area contributed by atoms with E-state index in [1.807, 2.05) is 12.1 Å². The van der Waals surface area contributed by atoms with E-state index in [1.165, 1.54) is 18.5 Å². The number of Topliss-reactive ketones (excluding diaryl/α,β-unsaturated/α-hetero) is 1. The largest absolute Gasteiger partial charge is 0.469 e. The fourth-order valence-electron chi connectivity index (χ4n) is 3.83. The number of benzene rings is 1. The van der Waals surface area contributed by atoms with E-state index in [9.17, 15) is 9.18 Å². The number of aromatic nitrogens is 3. The van der Waals surface area contributed by atoms with Crippen LogP contribution in [0.2, 0.25) is 0 Å². The maximum absolute atomic E-state index is 13.4. The number of hydrogen-bond acceptors (Lipinski definition) is 5. The van der Waals surface area contributed by atoms with Crippen molar-refractivity contribution in [2.45, 2.75) is 24.8 Å². The molecule has 130 valence electrons. The zero-order valence-corrected chi connectivity index (χ0v) is 13.7. The van der Waals surface area contributed by atoms with Crippen LogP contribution in [0.5, 0.6) is 0 Å². The highest BCUT2D eigenvalue weighted by Crippen LogP contribution is 2.43. The van der Waals surface area contributed by atoms with Gasteiger partial charge in [-0.1, -0.05) is 12.1 Å². The molecule has 0 bridgehead atoms. The highest BCUT2D eigenvalue weighted by molar-refractivity contribution is 6.00. The molecule has 0 saturated heterocycles. The Kier molecular flexibility index (Phi) is 3.28. The van der Waals surface area contributed by atoms with Crippen LogP contribution in [0.1, 0.15) is 36.1 Å². The van der Waals surface area contributed by atoms with Crippen molar-refractivity contribution < 1.29 is 13.6 Å². The summed E-state index contributed by atoms with van der Waals surface area (Å²) in [5.74, 6) is 1.09. The molecule has 0 fully saturated rings. The van der Waals surface area contributed by atoms with Crippen LogP contribution in [0.25, 0.3) is 0 Å². The molecule has 0 unspecified atom stereocenters. The number of ketones is 1. The van der Waals surface area contributed by atoms with Gasteiger partial charge >= 0.3 is 0 Å². The van der Waals surface area contributed by atoms with Gasteiger partial charge < -0.3 is 9.73 Å². The van der Waals surface area contributed by atoms with Gasteiger partial charge in [-0.25, -0.2) is 9.07 Å². The summed E-state index contributed by atoms with van der Waals surface area (Å²) in [6.45, 7) is 0. The summed E-state index contributed by atoms with van der Waals surface area (Å²) in [6.07, 6.45) is 4.09. The lowest BCUT2D eigenvalue weighted by Gasteiger charge is -2.34. The number of anilines is 1. The SMILES string of the molecule is O=C1C[C@H](c2ccco2)CC2=C1[C@H](c1ccc(F)cc1)n1ncnc1N2. The molecule has 1 aliphatic carbocycles. The van der Waals surface area contributed by atoms with E-state index in [-0.39, 0.29) is 17.5 Å². The Morgan fingerprint density at radius 2 is 2.04 bits per heavy atom. The number of nitrogens with one attached hydrogen (secondary N) is 1. The predicted molar refractivity (Wildman–Crippen MR) is 90.9 cm³/mol. The molecule has 1 N–H and O–H groups in total. The third kappa shape index (κ3) is 2.28. The first-order valence-electron chi connectivity index (χ1n) is 8.42. The van der Waals surface area contributed by atoms with E-state index in [2.05, 4.69) is 15.4 Å². The normalized spacial score (nSPS) is 22.0. The zero-order chi connectivity index (χ0) is 17.7. The van der Waals surface area contributed by atoms with Crippen molar-refractivity contribution in [2.24, 2.45) is 0 Å². The van der Waals surface area contributed by atoms with Gasteiger partial charge in [0.2, 0.25) is 5.95 Å². The summed E-state index contributed by atoms with van der Waals surface area (Å²) >= 11 is 0. The molecule has 2 atom stereocenters. The molecular formula is C19H15FN4O2. The molecule has 2 aliphatic rings. The summed E-state index contributed by atoms with van der Waals surface area (Å²) in [4.78, 5) is 17.3. The molecule has 7 heteroatoms. The first-order chi connectivity index (χ1) is 12.7. The van der Waals surface area contributed by atoms with Gasteiger partial charge in [0.1, 0.15) is 23.9 Å². The second kappa shape index (κ2) is 5.66. The maximum atomic E-state index is 13.4. The molecule has 0 spiro atoms. The first-order valence-corrected chi connectivity index (χ1v) is 8.42. The van der Waals surface area contributed by atoms with Crippen LogP contribution < -0.4 is 5.32 Å². The minimum atomic E-state index is -0.408. The Labute approximate surface area is 148 Å². The van der Waals surface area contributed by atoms with Gasteiger partial charge in [0, 0.05) is 23.6 Å². The van der Waals surface area contributed by atoms with Crippen molar-refractivity contribution >= 4 is 11.7 Å². The van der Waals surface area contributed by atoms with Crippen molar-refractivity contribution in [3.05, 3.63) is 77.4 Å². The average Bonchev–Trinajstić information content (AvgIpc) is 3.32. The van der Waals surface area contributed by atoms with E-state index in [1.54, 1.807) is 23.1 Å². The molecule has 0 amide bonds. The molecule has 0 saturated carbocycles. The lowest BCUT2D eigenvalue weighted by molar-refractivity contribution is -0.117. The first kappa shape index (κ1) is 15.1. The number of hydrogen-bond donors (Lipinski definition) is 1. The molecule has 6 nitrogen and oxygen atoms in total. The molecule has 3 aromatic rings. The fourth-order valence-corrected chi connectivity index (χ4v) is 3.83. The van der Waals surface area contributed by atoms with Crippen LogP contribution in [0.4, 0.5) is 10.3 Å². The van der Waals surface area contributed by atoms with Crippen LogP contribution in [0.15, 0.2) is 64.7 Å².